The molecular weight excluding hydrogens is 548 g/mol. The van der Waals surface area contributed by atoms with E-state index in [-0.39, 0.29) is 34.5 Å². The van der Waals surface area contributed by atoms with Crippen LogP contribution in [0.2, 0.25) is 15.1 Å². The Hall–Kier alpha value is -2.57. The number of alkyl halides is 3. The molecule has 14 heteroatoms. The molecule has 0 bridgehead atoms. The lowest BCUT2D eigenvalue weighted by Gasteiger charge is -2.20. The third-order valence-electron chi connectivity index (χ3n) is 5.16. The molecular formula is C22H20Cl3F3N4O4. The lowest BCUT2D eigenvalue weighted by Crippen LogP contribution is -2.39. The van der Waals surface area contributed by atoms with E-state index in [1.807, 2.05) is 0 Å². The lowest BCUT2D eigenvalue weighted by atomic mass is 10.0. The molecule has 1 heterocycles. The Kier molecular flexibility index (Phi) is 9.07. The summed E-state index contributed by atoms with van der Waals surface area (Å²) in [4.78, 5) is 25.7. The van der Waals surface area contributed by atoms with Crippen LogP contribution >= 0.6 is 34.8 Å². The molecule has 0 radical (unpaired) electrons. The van der Waals surface area contributed by atoms with Gasteiger partial charge in [-0.05, 0) is 42.3 Å². The molecule has 2 atom stereocenters. The number of aliphatic hydroxyl groups excluding tert-OH is 2. The molecule has 194 valence electrons. The van der Waals surface area contributed by atoms with Crippen molar-refractivity contribution in [3.63, 3.8) is 0 Å². The predicted molar refractivity (Wildman–Crippen MR) is 128 cm³/mol. The Labute approximate surface area is 217 Å². The molecule has 1 aromatic heterocycles. The summed E-state index contributed by atoms with van der Waals surface area (Å²) in [6.45, 7) is -2.10. The standard InChI is InChI=1S/C22H20Cl3F3N4O4/c23-13-6-4-12(5-7-13)20-30-32(21(36)31(20)10-17(34)22(26,27)28)11-18(35)29-16(8-9-33)14-2-1-3-15(24)19(14)25/h1-7,16-17,33-34H,8-11H2,(H,29,35)/t16?,17-/m0/s1. The number of nitrogens with zero attached hydrogens (tertiary/aromatic N) is 3. The number of benzene rings is 2. The van der Waals surface area contributed by atoms with Crippen molar-refractivity contribution in [2.75, 3.05) is 6.61 Å². The summed E-state index contributed by atoms with van der Waals surface area (Å²) in [5.41, 5.74) is -0.369. The molecule has 0 saturated carbocycles. The summed E-state index contributed by atoms with van der Waals surface area (Å²) in [6.07, 6.45) is -7.75. The maximum absolute atomic E-state index is 13.0. The van der Waals surface area contributed by atoms with E-state index in [9.17, 15) is 33.0 Å². The molecule has 1 amide bonds. The first-order valence-electron chi connectivity index (χ1n) is 10.4. The van der Waals surface area contributed by atoms with Crippen molar-refractivity contribution in [2.45, 2.75) is 37.8 Å². The number of nitrogens with one attached hydrogen (secondary N) is 1. The van der Waals surface area contributed by atoms with Crippen LogP contribution < -0.4 is 11.0 Å². The second kappa shape index (κ2) is 11.7. The van der Waals surface area contributed by atoms with Crippen molar-refractivity contribution in [1.29, 1.82) is 0 Å². The first-order chi connectivity index (χ1) is 16.9. The first kappa shape index (κ1) is 28.0. The minimum absolute atomic E-state index is 0.0724. The highest BCUT2D eigenvalue weighted by atomic mass is 35.5. The summed E-state index contributed by atoms with van der Waals surface area (Å²) >= 11 is 18.1. The highest BCUT2D eigenvalue weighted by Crippen LogP contribution is 2.31. The zero-order valence-corrected chi connectivity index (χ0v) is 20.6. The van der Waals surface area contributed by atoms with Gasteiger partial charge in [0, 0.05) is 17.2 Å². The normalized spacial score (nSPS) is 13.4. The van der Waals surface area contributed by atoms with Crippen LogP contribution in [0.1, 0.15) is 18.0 Å². The molecule has 3 aromatic rings. The van der Waals surface area contributed by atoms with Crippen molar-refractivity contribution >= 4 is 40.7 Å². The van der Waals surface area contributed by atoms with Crippen LogP contribution in [0, 0.1) is 0 Å². The number of aliphatic hydroxyl groups is 2. The molecule has 0 fully saturated rings. The highest BCUT2D eigenvalue weighted by Gasteiger charge is 2.39. The van der Waals surface area contributed by atoms with Crippen molar-refractivity contribution in [3.05, 3.63) is 73.6 Å². The molecule has 0 aliphatic carbocycles. The van der Waals surface area contributed by atoms with E-state index >= 15 is 0 Å². The lowest BCUT2D eigenvalue weighted by molar-refractivity contribution is -0.207. The topological polar surface area (TPSA) is 109 Å². The summed E-state index contributed by atoms with van der Waals surface area (Å²) in [7, 11) is 0. The van der Waals surface area contributed by atoms with Crippen molar-refractivity contribution in [2.24, 2.45) is 0 Å². The minimum atomic E-state index is -4.98. The van der Waals surface area contributed by atoms with Gasteiger partial charge in [0.15, 0.2) is 11.9 Å². The zero-order valence-electron chi connectivity index (χ0n) is 18.3. The van der Waals surface area contributed by atoms with Crippen molar-refractivity contribution in [1.82, 2.24) is 19.7 Å². The molecule has 0 spiro atoms. The number of rotatable bonds is 9. The molecule has 3 rings (SSSR count). The Morgan fingerprint density at radius 1 is 1.11 bits per heavy atom. The molecule has 0 saturated heterocycles. The number of aromatic nitrogens is 3. The van der Waals surface area contributed by atoms with Gasteiger partial charge < -0.3 is 15.5 Å². The van der Waals surface area contributed by atoms with Crippen LogP contribution in [-0.2, 0) is 17.9 Å². The van der Waals surface area contributed by atoms with Gasteiger partial charge in [0.2, 0.25) is 5.91 Å². The first-order valence-corrected chi connectivity index (χ1v) is 11.6. The van der Waals surface area contributed by atoms with Crippen LogP contribution in [-0.4, -0.2) is 49.4 Å². The van der Waals surface area contributed by atoms with Gasteiger partial charge in [-0.1, -0.05) is 46.9 Å². The number of hydrogen-bond acceptors (Lipinski definition) is 5. The number of hydrogen-bond donors (Lipinski definition) is 3. The predicted octanol–water partition coefficient (Wildman–Crippen LogP) is 3.84. The summed E-state index contributed by atoms with van der Waals surface area (Å²) in [5.74, 6) is -0.923. The Morgan fingerprint density at radius 3 is 2.39 bits per heavy atom. The van der Waals surface area contributed by atoms with Gasteiger partial charge in [0.1, 0.15) is 6.54 Å². The maximum atomic E-state index is 13.0. The number of carbonyl (C=O) groups is 1. The zero-order chi connectivity index (χ0) is 26.6. The molecule has 36 heavy (non-hydrogen) atoms. The van der Waals surface area contributed by atoms with E-state index in [0.29, 0.717) is 19.8 Å². The molecule has 0 aliphatic rings. The fourth-order valence-corrected chi connectivity index (χ4v) is 3.96. The van der Waals surface area contributed by atoms with Gasteiger partial charge in [0.05, 0.1) is 22.6 Å². The van der Waals surface area contributed by atoms with Gasteiger partial charge >= 0.3 is 11.9 Å². The minimum Gasteiger partial charge on any atom is -0.396 e. The van der Waals surface area contributed by atoms with Gasteiger partial charge in [-0.25, -0.2) is 9.48 Å². The Balaban J connectivity index is 1.92. The number of halogens is 6. The van der Waals surface area contributed by atoms with Crippen LogP contribution in [0.25, 0.3) is 11.4 Å². The maximum Gasteiger partial charge on any atom is 0.416 e. The highest BCUT2D eigenvalue weighted by molar-refractivity contribution is 6.42. The fraction of sp³-hybridized carbons (Fsp3) is 0.318. The van der Waals surface area contributed by atoms with Crippen molar-refractivity contribution < 1.29 is 28.2 Å². The van der Waals surface area contributed by atoms with Gasteiger partial charge in [-0.15, -0.1) is 5.10 Å². The summed E-state index contributed by atoms with van der Waals surface area (Å²) in [6, 6.07) is 9.76. The van der Waals surface area contributed by atoms with E-state index in [4.69, 9.17) is 34.8 Å². The average molecular weight is 568 g/mol. The monoisotopic (exact) mass is 566 g/mol. The quantitative estimate of drug-likeness (QED) is 0.364. The number of carbonyl (C=O) groups excluding carboxylic acids is 1. The second-order valence-electron chi connectivity index (χ2n) is 7.71. The van der Waals surface area contributed by atoms with Crippen LogP contribution in [0.5, 0.6) is 0 Å². The van der Waals surface area contributed by atoms with Gasteiger partial charge in [-0.2, -0.15) is 13.2 Å². The molecule has 3 N–H and O–H groups in total. The summed E-state index contributed by atoms with van der Waals surface area (Å²) in [5, 5.41) is 26.4. The van der Waals surface area contributed by atoms with Crippen LogP contribution in [0.4, 0.5) is 13.2 Å². The van der Waals surface area contributed by atoms with E-state index in [1.54, 1.807) is 18.2 Å². The Morgan fingerprint density at radius 2 is 1.78 bits per heavy atom. The van der Waals surface area contributed by atoms with E-state index in [0.717, 1.165) is 0 Å². The molecule has 8 nitrogen and oxygen atoms in total. The Bertz CT molecular complexity index is 1280. The largest absolute Gasteiger partial charge is 0.416 e. The fourth-order valence-electron chi connectivity index (χ4n) is 3.40. The average Bonchev–Trinajstić information content (AvgIpc) is 3.10. The van der Waals surface area contributed by atoms with Crippen molar-refractivity contribution in [3.8, 4) is 11.4 Å². The van der Waals surface area contributed by atoms with E-state index < -0.39 is 43.0 Å². The van der Waals surface area contributed by atoms with Gasteiger partial charge in [0.25, 0.3) is 0 Å². The molecule has 0 aliphatic heterocycles. The molecule has 1 unspecified atom stereocenters. The number of amides is 1. The van der Waals surface area contributed by atoms with Crippen LogP contribution in [0.3, 0.4) is 0 Å². The van der Waals surface area contributed by atoms with E-state index in [2.05, 4.69) is 10.4 Å². The second-order valence-corrected chi connectivity index (χ2v) is 8.94. The smallest absolute Gasteiger partial charge is 0.396 e. The summed E-state index contributed by atoms with van der Waals surface area (Å²) < 4.78 is 40.3. The third kappa shape index (κ3) is 6.60. The van der Waals surface area contributed by atoms with Gasteiger partial charge in [-0.3, -0.25) is 9.36 Å². The van der Waals surface area contributed by atoms with E-state index in [1.165, 1.54) is 24.3 Å². The third-order valence-corrected chi connectivity index (χ3v) is 6.25. The molecule has 2 aromatic carbocycles. The SMILES string of the molecule is O=C(Cn1nc(-c2ccc(Cl)cc2)n(C[C@H](O)C(F)(F)F)c1=O)NC(CCO)c1cccc(Cl)c1Cl. The van der Waals surface area contributed by atoms with Crippen LogP contribution in [0.15, 0.2) is 47.3 Å².